The summed E-state index contributed by atoms with van der Waals surface area (Å²) < 4.78 is 5.05. The predicted molar refractivity (Wildman–Crippen MR) is 86.1 cm³/mol. The second-order valence-electron chi connectivity index (χ2n) is 5.04. The van der Waals surface area contributed by atoms with Crippen LogP contribution in [0.5, 0.6) is 0 Å². The maximum absolute atomic E-state index is 11.8. The van der Waals surface area contributed by atoms with Gasteiger partial charge in [-0.15, -0.1) is 0 Å². The van der Waals surface area contributed by atoms with Crippen LogP contribution in [0.4, 0.5) is 0 Å². The normalized spacial score (nSPS) is 10.0. The van der Waals surface area contributed by atoms with Crippen LogP contribution in [0.2, 0.25) is 0 Å². The van der Waals surface area contributed by atoms with Gasteiger partial charge in [-0.1, -0.05) is 59.7 Å². The molecule has 2 aromatic carbocycles. The lowest BCUT2D eigenvalue weighted by molar-refractivity contribution is -0.137. The van der Waals surface area contributed by atoms with Gasteiger partial charge in [0.25, 0.3) is 0 Å². The molecule has 0 N–H and O–H groups in total. The van der Waals surface area contributed by atoms with Gasteiger partial charge in [-0.3, -0.25) is 0 Å². The van der Waals surface area contributed by atoms with Crippen LogP contribution in [-0.2, 0) is 9.53 Å². The minimum absolute atomic E-state index is 0.311. The average molecular weight is 280 g/mol. The van der Waals surface area contributed by atoms with E-state index in [0.717, 1.165) is 16.7 Å². The van der Waals surface area contributed by atoms with Crippen LogP contribution in [0.3, 0.4) is 0 Å². The van der Waals surface area contributed by atoms with Crippen LogP contribution in [-0.4, -0.2) is 12.6 Å². The van der Waals surface area contributed by atoms with Gasteiger partial charge in [0.2, 0.25) is 0 Å². The molecule has 0 saturated carbocycles. The third-order valence-corrected chi connectivity index (χ3v) is 3.27. The number of hydrogen-bond donors (Lipinski definition) is 0. The maximum atomic E-state index is 11.8. The summed E-state index contributed by atoms with van der Waals surface area (Å²) in [6.07, 6.45) is 1.57. The topological polar surface area (TPSA) is 26.3 Å². The smallest absolute Gasteiger partial charge is 0.331 e. The molecule has 0 unspecified atom stereocenters. The fraction of sp³-hybridized carbons (Fsp3) is 0.211. The number of carbonyl (C=O) groups excluding carboxylic acids is 1. The largest absolute Gasteiger partial charge is 0.463 e. The Kier molecular flexibility index (Phi) is 4.94. The molecule has 0 heterocycles. The molecule has 0 spiro atoms. The summed E-state index contributed by atoms with van der Waals surface area (Å²) in [5.41, 5.74) is 5.29. The Hall–Kier alpha value is -2.35. The van der Waals surface area contributed by atoms with E-state index >= 15 is 0 Å². The first-order chi connectivity index (χ1) is 10.1. The highest BCUT2D eigenvalue weighted by atomic mass is 16.5. The van der Waals surface area contributed by atoms with Crippen molar-refractivity contribution in [2.45, 2.75) is 20.8 Å². The Bertz CT molecular complexity index is 587. The SMILES string of the molecule is CCOC(=O)C=C(c1ccc(C)cc1)c1ccc(C)cc1. The van der Waals surface area contributed by atoms with Crippen LogP contribution in [0.25, 0.3) is 5.57 Å². The molecule has 0 fully saturated rings. The quantitative estimate of drug-likeness (QED) is 0.616. The minimum Gasteiger partial charge on any atom is -0.463 e. The van der Waals surface area contributed by atoms with Crippen LogP contribution in [0, 0.1) is 13.8 Å². The van der Waals surface area contributed by atoms with E-state index in [9.17, 15) is 4.79 Å². The molecule has 0 saturated heterocycles. The molecule has 0 aliphatic carbocycles. The molecule has 0 bridgehead atoms. The van der Waals surface area contributed by atoms with Crippen molar-refractivity contribution in [2.75, 3.05) is 6.61 Å². The first kappa shape index (κ1) is 15.0. The van der Waals surface area contributed by atoms with Crippen molar-refractivity contribution < 1.29 is 9.53 Å². The number of hydrogen-bond acceptors (Lipinski definition) is 2. The molecule has 2 heteroatoms. The van der Waals surface area contributed by atoms with Crippen LogP contribution < -0.4 is 0 Å². The average Bonchev–Trinajstić information content (AvgIpc) is 2.47. The van der Waals surface area contributed by atoms with Gasteiger partial charge in [0.15, 0.2) is 0 Å². The Morgan fingerprint density at radius 3 is 1.71 bits per heavy atom. The molecule has 0 atom stereocenters. The molecule has 0 aliphatic heterocycles. The van der Waals surface area contributed by atoms with Gasteiger partial charge in [-0.25, -0.2) is 4.79 Å². The number of carbonyl (C=O) groups is 1. The van der Waals surface area contributed by atoms with Crippen LogP contribution in [0.15, 0.2) is 54.6 Å². The van der Waals surface area contributed by atoms with E-state index in [0.29, 0.717) is 6.61 Å². The fourth-order valence-corrected chi connectivity index (χ4v) is 2.10. The molecule has 0 amide bonds. The molecular weight excluding hydrogens is 260 g/mol. The zero-order chi connectivity index (χ0) is 15.2. The number of rotatable bonds is 4. The molecule has 0 aliphatic rings. The van der Waals surface area contributed by atoms with E-state index in [4.69, 9.17) is 4.74 Å². The van der Waals surface area contributed by atoms with Crippen LogP contribution in [0.1, 0.15) is 29.2 Å². The lowest BCUT2D eigenvalue weighted by Gasteiger charge is -2.09. The number of esters is 1. The Morgan fingerprint density at radius 1 is 0.905 bits per heavy atom. The highest BCUT2D eigenvalue weighted by Crippen LogP contribution is 2.24. The summed E-state index contributed by atoms with van der Waals surface area (Å²) in [7, 11) is 0. The van der Waals surface area contributed by atoms with Crippen molar-refractivity contribution in [3.63, 3.8) is 0 Å². The molecule has 21 heavy (non-hydrogen) atoms. The van der Waals surface area contributed by atoms with Gasteiger partial charge in [0.1, 0.15) is 0 Å². The second kappa shape index (κ2) is 6.89. The fourth-order valence-electron chi connectivity index (χ4n) is 2.10. The Morgan fingerprint density at radius 2 is 1.33 bits per heavy atom. The standard InChI is InChI=1S/C19H20O2/c1-4-21-19(20)13-18(16-9-5-14(2)6-10-16)17-11-7-15(3)8-12-17/h5-13H,4H2,1-3H3. The summed E-state index contributed by atoms with van der Waals surface area (Å²) >= 11 is 0. The van der Waals surface area contributed by atoms with Crippen molar-refractivity contribution >= 4 is 11.5 Å². The van der Waals surface area contributed by atoms with Crippen molar-refractivity contribution in [1.29, 1.82) is 0 Å². The summed E-state index contributed by atoms with van der Waals surface area (Å²) in [6.45, 7) is 6.28. The van der Waals surface area contributed by atoms with E-state index in [1.54, 1.807) is 6.08 Å². The first-order valence-corrected chi connectivity index (χ1v) is 7.12. The van der Waals surface area contributed by atoms with Crippen molar-refractivity contribution in [3.05, 3.63) is 76.9 Å². The van der Waals surface area contributed by atoms with E-state index in [-0.39, 0.29) is 5.97 Å². The highest BCUT2D eigenvalue weighted by Gasteiger charge is 2.08. The second-order valence-corrected chi connectivity index (χ2v) is 5.04. The highest BCUT2D eigenvalue weighted by molar-refractivity contribution is 5.96. The summed E-state index contributed by atoms with van der Waals surface area (Å²) in [5.74, 6) is -0.311. The molecular formula is C19H20O2. The third-order valence-electron chi connectivity index (χ3n) is 3.27. The van der Waals surface area contributed by atoms with Gasteiger partial charge in [0, 0.05) is 6.08 Å². The lowest BCUT2D eigenvalue weighted by Crippen LogP contribution is -2.02. The van der Waals surface area contributed by atoms with Gasteiger partial charge in [0.05, 0.1) is 6.61 Å². The Labute approximate surface area is 126 Å². The van der Waals surface area contributed by atoms with Crippen LogP contribution >= 0.6 is 0 Å². The number of benzene rings is 2. The summed E-state index contributed by atoms with van der Waals surface area (Å²) in [5, 5.41) is 0. The molecule has 2 nitrogen and oxygen atoms in total. The van der Waals surface area contributed by atoms with E-state index in [1.165, 1.54) is 11.1 Å². The maximum Gasteiger partial charge on any atom is 0.331 e. The molecule has 2 aromatic rings. The zero-order valence-electron chi connectivity index (χ0n) is 12.7. The third kappa shape index (κ3) is 4.06. The van der Waals surface area contributed by atoms with Crippen molar-refractivity contribution in [3.8, 4) is 0 Å². The minimum atomic E-state index is -0.311. The number of aryl methyl sites for hydroxylation is 2. The molecule has 0 aromatic heterocycles. The van der Waals surface area contributed by atoms with E-state index in [1.807, 2.05) is 69.3 Å². The molecule has 2 rings (SSSR count). The summed E-state index contributed by atoms with van der Waals surface area (Å²) in [6, 6.07) is 16.3. The number of ether oxygens (including phenoxy) is 1. The van der Waals surface area contributed by atoms with E-state index < -0.39 is 0 Å². The molecule has 108 valence electrons. The van der Waals surface area contributed by atoms with Crippen molar-refractivity contribution in [2.24, 2.45) is 0 Å². The molecule has 0 radical (unpaired) electrons. The van der Waals surface area contributed by atoms with Gasteiger partial charge >= 0.3 is 5.97 Å². The van der Waals surface area contributed by atoms with E-state index in [2.05, 4.69) is 0 Å². The van der Waals surface area contributed by atoms with Gasteiger partial charge in [-0.2, -0.15) is 0 Å². The summed E-state index contributed by atoms with van der Waals surface area (Å²) in [4.78, 5) is 11.8. The van der Waals surface area contributed by atoms with Gasteiger partial charge < -0.3 is 4.74 Å². The lowest BCUT2D eigenvalue weighted by atomic mass is 9.96. The Balaban J connectivity index is 2.46. The van der Waals surface area contributed by atoms with Gasteiger partial charge in [-0.05, 0) is 37.5 Å². The zero-order valence-corrected chi connectivity index (χ0v) is 12.7. The van der Waals surface area contributed by atoms with Crippen molar-refractivity contribution in [1.82, 2.24) is 0 Å². The monoisotopic (exact) mass is 280 g/mol. The first-order valence-electron chi connectivity index (χ1n) is 7.12. The predicted octanol–water partition coefficient (Wildman–Crippen LogP) is 4.30.